The molecule has 4 aromatic rings. The van der Waals surface area contributed by atoms with Crippen LogP contribution in [-0.4, -0.2) is 47.4 Å². The molecule has 0 amide bonds. The summed E-state index contributed by atoms with van der Waals surface area (Å²) in [4.78, 5) is 39.0. The second-order valence-electron chi connectivity index (χ2n) is 9.28. The summed E-state index contributed by atoms with van der Waals surface area (Å²) in [6, 6.07) is 35.4. The lowest BCUT2D eigenvalue weighted by Gasteiger charge is -2.26. The predicted molar refractivity (Wildman–Crippen MR) is 154 cm³/mol. The molecule has 4 aromatic carbocycles. The first-order valence-corrected chi connectivity index (χ1v) is 14.1. The van der Waals surface area contributed by atoms with Gasteiger partial charge < -0.3 is 18.9 Å². The number of rotatable bonds is 10. The van der Waals surface area contributed by atoms with Crippen molar-refractivity contribution in [3.63, 3.8) is 0 Å². The van der Waals surface area contributed by atoms with Gasteiger partial charge in [0.1, 0.15) is 18.8 Å². The van der Waals surface area contributed by atoms with E-state index in [-0.39, 0.29) is 13.2 Å². The number of esters is 3. The highest BCUT2D eigenvalue weighted by Gasteiger charge is 2.50. The molecule has 0 aromatic heterocycles. The van der Waals surface area contributed by atoms with Gasteiger partial charge >= 0.3 is 17.9 Å². The number of hydrogen-bond acceptors (Lipinski definition) is 8. The lowest BCUT2D eigenvalue weighted by Crippen LogP contribution is -2.41. The van der Waals surface area contributed by atoms with Crippen LogP contribution in [0.4, 0.5) is 0 Å². The fraction of sp³-hybridized carbons (Fsp3) is 0.182. The fourth-order valence-corrected chi connectivity index (χ4v) is 5.72. The summed E-state index contributed by atoms with van der Waals surface area (Å²) in [6.07, 6.45) is -1.71. The summed E-state index contributed by atoms with van der Waals surface area (Å²) >= 11 is 1.24. The van der Waals surface area contributed by atoms with Gasteiger partial charge in [-0.1, -0.05) is 84.9 Å². The number of carbonyl (C=O) groups is 3. The van der Waals surface area contributed by atoms with Crippen molar-refractivity contribution in [2.75, 3.05) is 6.61 Å². The van der Waals surface area contributed by atoms with Crippen LogP contribution in [0.3, 0.4) is 0 Å². The molecule has 1 saturated heterocycles. The van der Waals surface area contributed by atoms with Gasteiger partial charge in [0.2, 0.25) is 0 Å². The van der Waals surface area contributed by atoms with Gasteiger partial charge in [-0.25, -0.2) is 14.4 Å². The molecular formula is C33H28O7S. The Hall–Kier alpha value is -4.40. The minimum atomic E-state index is -0.881. The predicted octanol–water partition coefficient (Wildman–Crippen LogP) is 5.95. The maximum Gasteiger partial charge on any atom is 0.339 e. The number of benzene rings is 4. The van der Waals surface area contributed by atoms with Crippen molar-refractivity contribution in [1.82, 2.24) is 0 Å². The quantitative estimate of drug-likeness (QED) is 0.171. The molecule has 1 aliphatic heterocycles. The Labute approximate surface area is 242 Å². The first-order chi connectivity index (χ1) is 20.1. The third-order valence-electron chi connectivity index (χ3n) is 6.43. The zero-order valence-electron chi connectivity index (χ0n) is 22.0. The first kappa shape index (κ1) is 28.1. The van der Waals surface area contributed by atoms with Crippen molar-refractivity contribution in [3.05, 3.63) is 144 Å². The average Bonchev–Trinajstić information content (AvgIpc) is 3.35. The van der Waals surface area contributed by atoms with Gasteiger partial charge in [-0.3, -0.25) is 0 Å². The van der Waals surface area contributed by atoms with E-state index in [1.165, 1.54) is 11.8 Å². The smallest absolute Gasteiger partial charge is 0.339 e. The van der Waals surface area contributed by atoms with Crippen molar-refractivity contribution < 1.29 is 33.3 Å². The van der Waals surface area contributed by atoms with Crippen molar-refractivity contribution in [3.8, 4) is 0 Å². The lowest BCUT2D eigenvalue weighted by molar-refractivity contribution is -0.0860. The number of carbonyl (C=O) groups excluding carboxylic acids is 3. The zero-order chi connectivity index (χ0) is 28.4. The molecule has 1 heterocycles. The monoisotopic (exact) mass is 568 g/mol. The Bertz CT molecular complexity index is 1430. The Morgan fingerprint density at radius 3 is 1.56 bits per heavy atom. The molecule has 41 heavy (non-hydrogen) atoms. The molecule has 8 heteroatoms. The molecule has 5 rings (SSSR count). The van der Waals surface area contributed by atoms with Gasteiger partial charge in [0.15, 0.2) is 5.44 Å². The van der Waals surface area contributed by atoms with Crippen LogP contribution in [0.25, 0.3) is 0 Å². The molecule has 1 unspecified atom stereocenters. The lowest BCUT2D eigenvalue weighted by atomic mass is 10.1. The molecule has 1 fully saturated rings. The standard InChI is InChI=1S/C33H28O7S/c34-30(24-15-7-2-8-16-24)38-22-27-28(39-31(35)25-17-9-3-10-18-25)29(37-21-23-13-5-1-6-14-23)33(41-27)40-32(36)26-19-11-4-12-20-26/h1-20,27-29,33H,21-22H2/t27-,28+,29+,33?/m1/s1. The maximum atomic E-state index is 13.2. The zero-order valence-corrected chi connectivity index (χ0v) is 22.9. The minimum absolute atomic E-state index is 0.0876. The van der Waals surface area contributed by atoms with Crippen molar-refractivity contribution >= 4 is 29.7 Å². The number of thioether (sulfide) groups is 1. The van der Waals surface area contributed by atoms with Gasteiger partial charge in [-0.05, 0) is 42.0 Å². The first-order valence-electron chi connectivity index (χ1n) is 13.1. The Kier molecular flexibility index (Phi) is 9.46. The second-order valence-corrected chi connectivity index (χ2v) is 10.6. The van der Waals surface area contributed by atoms with Gasteiger partial charge in [-0.15, -0.1) is 11.8 Å². The molecule has 0 saturated carbocycles. The highest BCUT2D eigenvalue weighted by atomic mass is 32.2. The molecule has 0 aliphatic carbocycles. The van der Waals surface area contributed by atoms with Crippen LogP contribution in [-0.2, 0) is 25.6 Å². The van der Waals surface area contributed by atoms with E-state index in [1.807, 2.05) is 42.5 Å². The molecular weight excluding hydrogens is 540 g/mol. The third kappa shape index (κ3) is 7.42. The summed E-state index contributed by atoms with van der Waals surface area (Å²) in [5.74, 6) is -1.60. The maximum absolute atomic E-state index is 13.2. The van der Waals surface area contributed by atoms with E-state index >= 15 is 0 Å². The Morgan fingerprint density at radius 2 is 1.02 bits per heavy atom. The highest BCUT2D eigenvalue weighted by molar-refractivity contribution is 8.00. The van der Waals surface area contributed by atoms with Crippen molar-refractivity contribution in [2.45, 2.75) is 29.5 Å². The highest BCUT2D eigenvalue weighted by Crippen LogP contribution is 2.40. The molecule has 208 valence electrons. The van der Waals surface area contributed by atoms with Gasteiger partial charge in [0.25, 0.3) is 0 Å². The Morgan fingerprint density at radius 1 is 0.561 bits per heavy atom. The molecule has 7 nitrogen and oxygen atoms in total. The molecule has 0 radical (unpaired) electrons. The molecule has 4 atom stereocenters. The third-order valence-corrected chi connectivity index (χ3v) is 7.81. The van der Waals surface area contributed by atoms with Crippen molar-refractivity contribution in [2.24, 2.45) is 0 Å². The average molecular weight is 569 g/mol. The van der Waals surface area contributed by atoms with Crippen LogP contribution < -0.4 is 0 Å². The second kappa shape index (κ2) is 13.8. The van der Waals surface area contributed by atoms with E-state index in [1.54, 1.807) is 78.9 Å². The number of hydrogen-bond donors (Lipinski definition) is 0. The summed E-state index contributed by atoms with van der Waals surface area (Å²) in [7, 11) is 0. The van der Waals surface area contributed by atoms with Gasteiger partial charge in [-0.2, -0.15) is 0 Å². The van der Waals surface area contributed by atoms with Gasteiger partial charge in [0, 0.05) is 0 Å². The SMILES string of the molecule is O=C(OC[C@H]1SC(OC(=O)c2ccccc2)[C@@H](OCc2ccccc2)[C@H]1OC(=O)c1ccccc1)c1ccccc1. The van der Waals surface area contributed by atoms with Crippen LogP contribution in [0.1, 0.15) is 36.6 Å². The van der Waals surface area contributed by atoms with E-state index in [9.17, 15) is 14.4 Å². The normalized spacial score (nSPS) is 19.7. The van der Waals surface area contributed by atoms with Gasteiger partial charge in [0.05, 0.1) is 28.5 Å². The van der Waals surface area contributed by atoms with Crippen LogP contribution in [0.15, 0.2) is 121 Å². The topological polar surface area (TPSA) is 88.1 Å². The van der Waals surface area contributed by atoms with E-state index in [2.05, 4.69) is 0 Å². The summed E-state index contributed by atoms with van der Waals surface area (Å²) in [5.41, 5.74) is 1.21. The summed E-state index contributed by atoms with van der Waals surface area (Å²) in [6.45, 7) is 0.108. The van der Waals surface area contributed by atoms with Crippen LogP contribution in [0, 0.1) is 0 Å². The summed E-state index contributed by atoms with van der Waals surface area (Å²) in [5, 5.41) is -0.565. The largest absolute Gasteiger partial charge is 0.461 e. The van der Waals surface area contributed by atoms with E-state index < -0.39 is 40.8 Å². The van der Waals surface area contributed by atoms with E-state index in [0.29, 0.717) is 16.7 Å². The Balaban J connectivity index is 1.40. The summed E-state index contributed by atoms with van der Waals surface area (Å²) < 4.78 is 23.8. The minimum Gasteiger partial charge on any atom is -0.461 e. The number of ether oxygens (including phenoxy) is 4. The van der Waals surface area contributed by atoms with Crippen LogP contribution >= 0.6 is 11.8 Å². The van der Waals surface area contributed by atoms with E-state index in [0.717, 1.165) is 5.56 Å². The van der Waals surface area contributed by atoms with Crippen LogP contribution in [0.5, 0.6) is 0 Å². The van der Waals surface area contributed by atoms with Crippen molar-refractivity contribution in [1.29, 1.82) is 0 Å². The molecule has 1 aliphatic rings. The van der Waals surface area contributed by atoms with Crippen LogP contribution in [0.2, 0.25) is 0 Å². The molecule has 0 spiro atoms. The van der Waals surface area contributed by atoms with E-state index in [4.69, 9.17) is 18.9 Å². The fourth-order valence-electron chi connectivity index (χ4n) is 4.33. The molecule has 0 bridgehead atoms. The molecule has 0 N–H and O–H groups in total.